The lowest BCUT2D eigenvalue weighted by Crippen LogP contribution is -2.30. The summed E-state index contributed by atoms with van der Waals surface area (Å²) in [5.41, 5.74) is 2.90. The molecule has 2 aliphatic rings. The molecule has 2 aromatic heterocycles. The number of hydrogen-bond donors (Lipinski definition) is 0. The summed E-state index contributed by atoms with van der Waals surface area (Å²) in [5, 5.41) is 8.33. The van der Waals surface area contributed by atoms with E-state index in [2.05, 4.69) is 17.2 Å². The van der Waals surface area contributed by atoms with Crippen LogP contribution in [0.4, 0.5) is 0 Å². The van der Waals surface area contributed by atoms with Crippen molar-refractivity contribution < 1.29 is 13.8 Å². The van der Waals surface area contributed by atoms with Crippen LogP contribution in [0.3, 0.4) is 0 Å². The maximum Gasteiger partial charge on any atom is 0.292 e. The Morgan fingerprint density at radius 3 is 2.73 bits per heavy atom. The maximum atomic E-state index is 13.1. The quantitative estimate of drug-likeness (QED) is 0.802. The number of nitrogens with zero attached hydrogens (tertiary/aromatic N) is 3. The molecule has 1 atom stereocenters. The normalized spacial score (nSPS) is 21.5. The van der Waals surface area contributed by atoms with Gasteiger partial charge in [-0.3, -0.25) is 4.79 Å². The van der Waals surface area contributed by atoms with E-state index in [4.69, 9.17) is 9.05 Å². The molecule has 1 aliphatic carbocycles. The molecule has 0 spiro atoms. The summed E-state index contributed by atoms with van der Waals surface area (Å²) in [7, 11) is 0. The maximum absolute atomic E-state index is 13.1. The summed E-state index contributed by atoms with van der Waals surface area (Å²) < 4.78 is 10.9. The van der Waals surface area contributed by atoms with E-state index in [1.165, 1.54) is 19.3 Å². The third-order valence-corrected chi connectivity index (χ3v) is 5.91. The van der Waals surface area contributed by atoms with Crippen LogP contribution in [-0.2, 0) is 6.42 Å². The Balaban J connectivity index is 1.55. The van der Waals surface area contributed by atoms with E-state index >= 15 is 0 Å². The third-order valence-electron chi connectivity index (χ3n) is 5.91. The minimum absolute atomic E-state index is 0.0203. The van der Waals surface area contributed by atoms with Crippen LogP contribution in [0.2, 0.25) is 0 Å². The first-order chi connectivity index (χ1) is 12.7. The van der Waals surface area contributed by atoms with E-state index in [1.54, 1.807) is 0 Å². The molecular formula is C20H27N3O3. The largest absolute Gasteiger partial charge is 0.361 e. The van der Waals surface area contributed by atoms with Crippen LogP contribution in [0.15, 0.2) is 15.1 Å². The van der Waals surface area contributed by atoms with Gasteiger partial charge in [0.1, 0.15) is 5.76 Å². The fourth-order valence-corrected chi connectivity index (χ4v) is 4.54. The van der Waals surface area contributed by atoms with Crippen molar-refractivity contribution in [3.8, 4) is 0 Å². The molecule has 1 saturated carbocycles. The first-order valence-electron chi connectivity index (χ1n) is 9.91. The van der Waals surface area contributed by atoms with Crippen molar-refractivity contribution in [1.29, 1.82) is 0 Å². The molecule has 6 heteroatoms. The molecule has 140 valence electrons. The minimum Gasteiger partial charge on any atom is -0.361 e. The van der Waals surface area contributed by atoms with Crippen molar-refractivity contribution in [3.63, 3.8) is 0 Å². The lowest BCUT2D eigenvalue weighted by molar-refractivity contribution is 0.0692. The second-order valence-corrected chi connectivity index (χ2v) is 7.57. The molecular weight excluding hydrogens is 330 g/mol. The van der Waals surface area contributed by atoms with Crippen LogP contribution in [0, 0.1) is 6.92 Å². The van der Waals surface area contributed by atoms with Gasteiger partial charge in [-0.1, -0.05) is 36.5 Å². The van der Waals surface area contributed by atoms with Gasteiger partial charge in [0.25, 0.3) is 5.91 Å². The highest BCUT2D eigenvalue weighted by atomic mass is 16.5. The van der Waals surface area contributed by atoms with E-state index in [1.807, 2.05) is 17.9 Å². The summed E-state index contributed by atoms with van der Waals surface area (Å²) in [5.74, 6) is 1.62. The predicted molar refractivity (Wildman–Crippen MR) is 96.0 cm³/mol. The van der Waals surface area contributed by atoms with Crippen molar-refractivity contribution >= 4 is 5.91 Å². The van der Waals surface area contributed by atoms with Gasteiger partial charge >= 0.3 is 0 Å². The molecule has 3 heterocycles. The Kier molecular flexibility index (Phi) is 4.83. The fraction of sp³-hybridized carbons (Fsp3) is 0.650. The Morgan fingerprint density at radius 1 is 1.15 bits per heavy atom. The van der Waals surface area contributed by atoms with Crippen LogP contribution in [0.1, 0.15) is 97.1 Å². The molecule has 2 fully saturated rings. The van der Waals surface area contributed by atoms with Gasteiger partial charge < -0.3 is 13.9 Å². The average Bonchev–Trinajstić information content (AvgIpc) is 3.41. The summed E-state index contributed by atoms with van der Waals surface area (Å²) >= 11 is 0. The number of carbonyl (C=O) groups is 1. The Labute approximate surface area is 153 Å². The van der Waals surface area contributed by atoms with Crippen molar-refractivity contribution in [2.75, 3.05) is 6.54 Å². The molecule has 1 saturated heterocycles. The third kappa shape index (κ3) is 3.06. The van der Waals surface area contributed by atoms with Gasteiger partial charge in [0.05, 0.1) is 17.4 Å². The number of amides is 1. The number of hydrogen-bond acceptors (Lipinski definition) is 5. The van der Waals surface area contributed by atoms with Gasteiger partial charge in [0, 0.05) is 30.5 Å². The molecule has 1 unspecified atom stereocenters. The molecule has 0 aromatic carbocycles. The second kappa shape index (κ2) is 7.25. The second-order valence-electron chi connectivity index (χ2n) is 7.57. The summed E-state index contributed by atoms with van der Waals surface area (Å²) in [6.07, 6.45) is 8.76. The minimum atomic E-state index is -0.0651. The van der Waals surface area contributed by atoms with Crippen molar-refractivity contribution in [2.45, 2.75) is 77.2 Å². The van der Waals surface area contributed by atoms with Gasteiger partial charge in [-0.05, 0) is 32.6 Å². The van der Waals surface area contributed by atoms with Crippen LogP contribution < -0.4 is 0 Å². The number of aromatic nitrogens is 2. The summed E-state index contributed by atoms with van der Waals surface area (Å²) in [4.78, 5) is 15.0. The number of rotatable bonds is 4. The van der Waals surface area contributed by atoms with E-state index < -0.39 is 0 Å². The SMILES string of the molecule is CCc1onc(C)c1C1CCCN1C(=O)c1cc(C2CCCCC2)no1. The lowest BCUT2D eigenvalue weighted by Gasteiger charge is -2.23. The summed E-state index contributed by atoms with van der Waals surface area (Å²) in [6, 6.07) is 1.89. The topological polar surface area (TPSA) is 72.4 Å². The zero-order valence-electron chi connectivity index (χ0n) is 15.7. The molecule has 26 heavy (non-hydrogen) atoms. The molecule has 0 radical (unpaired) electrons. The zero-order chi connectivity index (χ0) is 18.1. The van der Waals surface area contributed by atoms with Gasteiger partial charge in [0.15, 0.2) is 0 Å². The van der Waals surface area contributed by atoms with E-state index in [9.17, 15) is 4.79 Å². The smallest absolute Gasteiger partial charge is 0.292 e. The molecule has 1 amide bonds. The van der Waals surface area contributed by atoms with Crippen LogP contribution in [0.5, 0.6) is 0 Å². The summed E-state index contributed by atoms with van der Waals surface area (Å²) in [6.45, 7) is 4.74. The van der Waals surface area contributed by atoms with Gasteiger partial charge in [-0.25, -0.2) is 0 Å². The van der Waals surface area contributed by atoms with Gasteiger partial charge in [-0.2, -0.15) is 0 Å². The monoisotopic (exact) mass is 357 g/mol. The van der Waals surface area contributed by atoms with Crippen LogP contribution >= 0.6 is 0 Å². The van der Waals surface area contributed by atoms with E-state index in [0.29, 0.717) is 11.7 Å². The van der Waals surface area contributed by atoms with Crippen LogP contribution in [-0.4, -0.2) is 27.7 Å². The standard InChI is InChI=1S/C20H27N3O3/c1-3-17-19(13(2)21-25-17)16-10-7-11-23(16)20(24)18-12-15(22-26-18)14-8-5-4-6-9-14/h12,14,16H,3-11H2,1-2H3. The highest BCUT2D eigenvalue weighted by molar-refractivity contribution is 5.92. The highest BCUT2D eigenvalue weighted by Crippen LogP contribution is 2.38. The van der Waals surface area contributed by atoms with Crippen molar-refractivity contribution in [1.82, 2.24) is 15.2 Å². The Bertz CT molecular complexity index is 773. The van der Waals surface area contributed by atoms with E-state index in [0.717, 1.165) is 61.4 Å². The average molecular weight is 357 g/mol. The fourth-order valence-electron chi connectivity index (χ4n) is 4.54. The van der Waals surface area contributed by atoms with Crippen LogP contribution in [0.25, 0.3) is 0 Å². The lowest BCUT2D eigenvalue weighted by atomic mass is 9.87. The molecule has 0 bridgehead atoms. The molecule has 1 aliphatic heterocycles. The van der Waals surface area contributed by atoms with Crippen molar-refractivity contribution in [3.05, 3.63) is 34.5 Å². The highest BCUT2D eigenvalue weighted by Gasteiger charge is 2.36. The van der Waals surface area contributed by atoms with Gasteiger partial charge in [-0.15, -0.1) is 0 Å². The molecule has 2 aromatic rings. The number of likely N-dealkylation sites (tertiary alicyclic amines) is 1. The van der Waals surface area contributed by atoms with E-state index in [-0.39, 0.29) is 11.9 Å². The number of carbonyl (C=O) groups excluding carboxylic acids is 1. The number of aryl methyl sites for hydroxylation is 2. The zero-order valence-corrected chi connectivity index (χ0v) is 15.7. The Morgan fingerprint density at radius 2 is 1.96 bits per heavy atom. The first-order valence-corrected chi connectivity index (χ1v) is 9.91. The molecule has 4 rings (SSSR count). The first kappa shape index (κ1) is 17.3. The van der Waals surface area contributed by atoms with Gasteiger partial charge in [0.2, 0.25) is 5.76 Å². The predicted octanol–water partition coefficient (Wildman–Crippen LogP) is 4.56. The van der Waals surface area contributed by atoms with Crippen molar-refractivity contribution in [2.24, 2.45) is 0 Å². The molecule has 6 nitrogen and oxygen atoms in total. The Hall–Kier alpha value is -2.11. The molecule has 0 N–H and O–H groups in total.